The predicted molar refractivity (Wildman–Crippen MR) is 77.5 cm³/mol. The molecule has 1 aromatic rings. The number of anilines is 1. The van der Waals surface area contributed by atoms with Gasteiger partial charge >= 0.3 is 0 Å². The molecule has 0 saturated heterocycles. The van der Waals surface area contributed by atoms with Gasteiger partial charge in [0, 0.05) is 18.3 Å². The number of nitrogen functional groups attached to an aromatic ring is 1. The molecule has 1 unspecified atom stereocenters. The van der Waals surface area contributed by atoms with E-state index in [9.17, 15) is 0 Å². The highest BCUT2D eigenvalue weighted by atomic mass is 16.2. The minimum Gasteiger partial charge on any atom is -0.399 e. The molecule has 0 aliphatic heterocycles. The zero-order chi connectivity index (χ0) is 13.4. The van der Waals surface area contributed by atoms with Crippen LogP contribution in [0.25, 0.3) is 0 Å². The number of aliphatic hydroxyl groups excluding tert-OH is 1. The van der Waals surface area contributed by atoms with Crippen molar-refractivity contribution in [3.63, 3.8) is 0 Å². The lowest BCUT2D eigenvalue weighted by molar-refractivity contribution is 0.250. The summed E-state index contributed by atoms with van der Waals surface area (Å²) < 4.78 is 0. The van der Waals surface area contributed by atoms with Gasteiger partial charge in [0.05, 0.1) is 0 Å². The molecule has 3 nitrogen and oxygen atoms in total. The van der Waals surface area contributed by atoms with Crippen LogP contribution >= 0.6 is 0 Å². The molecule has 0 radical (unpaired) electrons. The van der Waals surface area contributed by atoms with Crippen LogP contribution in [0, 0.1) is 0 Å². The Hall–Kier alpha value is -1.06. The monoisotopic (exact) mass is 250 g/mol. The molecule has 0 fully saturated rings. The Kier molecular flexibility index (Phi) is 6.76. The van der Waals surface area contributed by atoms with Crippen molar-refractivity contribution in [2.24, 2.45) is 0 Å². The summed E-state index contributed by atoms with van der Waals surface area (Å²) in [6.45, 7) is 3.61. The zero-order valence-corrected chi connectivity index (χ0v) is 11.6. The largest absolute Gasteiger partial charge is 0.399 e. The summed E-state index contributed by atoms with van der Waals surface area (Å²) in [5, 5.41) is 8.72. The van der Waals surface area contributed by atoms with Gasteiger partial charge in [-0.3, -0.25) is 4.90 Å². The third-order valence-electron chi connectivity index (χ3n) is 3.47. The fraction of sp³-hybridized carbons (Fsp3) is 0.600. The van der Waals surface area contributed by atoms with Crippen molar-refractivity contribution in [2.75, 3.05) is 25.9 Å². The van der Waals surface area contributed by atoms with E-state index in [-0.39, 0.29) is 0 Å². The maximum Gasteiger partial charge on any atom is 0.0431 e. The van der Waals surface area contributed by atoms with Gasteiger partial charge in [-0.25, -0.2) is 0 Å². The summed E-state index contributed by atoms with van der Waals surface area (Å²) in [5.74, 6) is 0. The molecule has 0 spiro atoms. The highest BCUT2D eigenvalue weighted by Gasteiger charge is 2.10. The van der Waals surface area contributed by atoms with Gasteiger partial charge in [-0.1, -0.05) is 25.0 Å². The van der Waals surface area contributed by atoms with Crippen LogP contribution in [0.2, 0.25) is 0 Å². The van der Waals surface area contributed by atoms with Crippen LogP contribution in [0.15, 0.2) is 24.3 Å². The van der Waals surface area contributed by atoms with Crippen molar-refractivity contribution < 1.29 is 5.11 Å². The Morgan fingerprint density at radius 2 is 1.94 bits per heavy atom. The lowest BCUT2D eigenvalue weighted by Crippen LogP contribution is -2.23. The maximum atomic E-state index is 8.72. The van der Waals surface area contributed by atoms with E-state index in [1.807, 2.05) is 18.2 Å². The lowest BCUT2D eigenvalue weighted by Gasteiger charge is -2.25. The Bertz CT molecular complexity index is 341. The third-order valence-corrected chi connectivity index (χ3v) is 3.47. The van der Waals surface area contributed by atoms with E-state index in [2.05, 4.69) is 24.9 Å². The number of nitrogens with two attached hydrogens (primary N) is 1. The number of nitrogens with zero attached hydrogens (tertiary/aromatic N) is 1. The van der Waals surface area contributed by atoms with Crippen molar-refractivity contribution in [1.82, 2.24) is 4.90 Å². The smallest absolute Gasteiger partial charge is 0.0431 e. The van der Waals surface area contributed by atoms with Crippen molar-refractivity contribution in [3.05, 3.63) is 29.8 Å². The van der Waals surface area contributed by atoms with Crippen LogP contribution in [0.3, 0.4) is 0 Å². The molecule has 0 heterocycles. The van der Waals surface area contributed by atoms with Crippen LogP contribution < -0.4 is 5.73 Å². The molecule has 0 bridgehead atoms. The standard InChI is InChI=1S/C15H26N2O/c1-13(14-8-7-9-15(16)12-14)17(2)10-5-3-4-6-11-18/h7-9,12-13,18H,3-6,10-11,16H2,1-2H3. The average Bonchev–Trinajstić information content (AvgIpc) is 2.37. The summed E-state index contributed by atoms with van der Waals surface area (Å²) in [7, 11) is 2.15. The Labute approximate surface area is 111 Å². The summed E-state index contributed by atoms with van der Waals surface area (Å²) in [4.78, 5) is 2.35. The zero-order valence-electron chi connectivity index (χ0n) is 11.6. The fourth-order valence-corrected chi connectivity index (χ4v) is 2.09. The Morgan fingerprint density at radius 1 is 1.22 bits per heavy atom. The molecule has 102 valence electrons. The first kappa shape index (κ1) is 15.0. The molecule has 0 aliphatic rings. The minimum absolute atomic E-state index is 0.315. The number of rotatable bonds is 8. The SMILES string of the molecule is CC(c1cccc(N)c1)N(C)CCCCCCO. The summed E-state index contributed by atoms with van der Waals surface area (Å²) in [6, 6.07) is 8.50. The third kappa shape index (κ3) is 5.07. The highest BCUT2D eigenvalue weighted by Crippen LogP contribution is 2.21. The first-order valence-electron chi connectivity index (χ1n) is 6.81. The second kappa shape index (κ2) is 8.11. The van der Waals surface area contributed by atoms with Crippen molar-refractivity contribution in [3.8, 4) is 0 Å². The first-order chi connectivity index (χ1) is 8.65. The van der Waals surface area contributed by atoms with Gasteiger partial charge < -0.3 is 10.8 Å². The molecule has 3 heteroatoms. The van der Waals surface area contributed by atoms with Crippen molar-refractivity contribution in [2.45, 2.75) is 38.6 Å². The second-order valence-corrected chi connectivity index (χ2v) is 4.96. The van der Waals surface area contributed by atoms with Crippen molar-refractivity contribution in [1.29, 1.82) is 0 Å². The number of benzene rings is 1. The normalized spacial score (nSPS) is 12.9. The predicted octanol–water partition coefficient (Wildman–Crippen LogP) is 2.81. The van der Waals surface area contributed by atoms with Crippen LogP contribution in [0.1, 0.15) is 44.2 Å². The van der Waals surface area contributed by atoms with E-state index in [1.165, 1.54) is 18.4 Å². The average molecular weight is 250 g/mol. The van der Waals surface area contributed by atoms with E-state index >= 15 is 0 Å². The lowest BCUT2D eigenvalue weighted by atomic mass is 10.1. The second-order valence-electron chi connectivity index (χ2n) is 4.96. The highest BCUT2D eigenvalue weighted by molar-refractivity contribution is 5.41. The van der Waals surface area contributed by atoms with Gasteiger partial charge in [0.25, 0.3) is 0 Å². The van der Waals surface area contributed by atoms with Gasteiger partial charge in [0.15, 0.2) is 0 Å². The maximum absolute atomic E-state index is 8.72. The van der Waals surface area contributed by atoms with E-state index < -0.39 is 0 Å². The quantitative estimate of drug-likeness (QED) is 0.551. The molecule has 0 aliphatic carbocycles. The molecule has 0 aromatic heterocycles. The topological polar surface area (TPSA) is 49.5 Å². The van der Waals surface area contributed by atoms with E-state index in [0.29, 0.717) is 12.6 Å². The molecule has 1 aromatic carbocycles. The van der Waals surface area contributed by atoms with Gasteiger partial charge in [-0.2, -0.15) is 0 Å². The number of unbranched alkanes of at least 4 members (excludes halogenated alkanes) is 3. The summed E-state index contributed by atoms with van der Waals surface area (Å²) in [6.07, 6.45) is 4.42. The number of hydrogen-bond donors (Lipinski definition) is 2. The summed E-state index contributed by atoms with van der Waals surface area (Å²) >= 11 is 0. The molecule has 1 atom stereocenters. The summed E-state index contributed by atoms with van der Waals surface area (Å²) in [5.41, 5.74) is 7.91. The molecule has 3 N–H and O–H groups in total. The van der Waals surface area contributed by atoms with Crippen LogP contribution in [0.4, 0.5) is 5.69 Å². The van der Waals surface area contributed by atoms with Crippen LogP contribution in [-0.4, -0.2) is 30.2 Å². The van der Waals surface area contributed by atoms with Gasteiger partial charge in [0.1, 0.15) is 0 Å². The van der Waals surface area contributed by atoms with Crippen LogP contribution in [0.5, 0.6) is 0 Å². The van der Waals surface area contributed by atoms with Crippen molar-refractivity contribution >= 4 is 5.69 Å². The molecule has 1 rings (SSSR count). The van der Waals surface area contributed by atoms with E-state index in [4.69, 9.17) is 10.8 Å². The first-order valence-corrected chi connectivity index (χ1v) is 6.81. The van der Waals surface area contributed by atoms with Gasteiger partial charge in [-0.15, -0.1) is 0 Å². The van der Waals surface area contributed by atoms with Crippen LogP contribution in [-0.2, 0) is 0 Å². The fourth-order valence-electron chi connectivity index (χ4n) is 2.09. The Morgan fingerprint density at radius 3 is 2.61 bits per heavy atom. The minimum atomic E-state index is 0.315. The van der Waals surface area contributed by atoms with E-state index in [1.54, 1.807) is 0 Å². The number of hydrogen-bond acceptors (Lipinski definition) is 3. The molecule has 0 saturated carbocycles. The number of aliphatic hydroxyl groups is 1. The van der Waals surface area contributed by atoms with Gasteiger partial charge in [-0.05, 0) is 51.1 Å². The molecular weight excluding hydrogens is 224 g/mol. The molecular formula is C15H26N2O. The van der Waals surface area contributed by atoms with Gasteiger partial charge in [0.2, 0.25) is 0 Å². The van der Waals surface area contributed by atoms with E-state index in [0.717, 1.165) is 25.1 Å². The molecule has 18 heavy (non-hydrogen) atoms. The molecule has 0 amide bonds. The Balaban J connectivity index is 2.34.